The fraction of sp³-hybridized carbons (Fsp3) is 0.875. The van der Waals surface area contributed by atoms with Crippen LogP contribution in [0.2, 0.25) is 0 Å². The van der Waals surface area contributed by atoms with Gasteiger partial charge in [-0.25, -0.2) is 13.1 Å². The molecule has 0 bridgehead atoms. The van der Waals surface area contributed by atoms with E-state index in [1.54, 1.807) is 7.05 Å². The Morgan fingerprint density at radius 3 is 2.53 bits per heavy atom. The molecule has 0 heterocycles. The Bertz CT molecular complexity index is 276. The van der Waals surface area contributed by atoms with Crippen LogP contribution in [0.15, 0.2) is 0 Å². The van der Waals surface area contributed by atoms with Crippen LogP contribution in [0.4, 0.5) is 0 Å². The highest BCUT2D eigenvalue weighted by Gasteiger charge is 2.10. The van der Waals surface area contributed by atoms with Crippen molar-refractivity contribution in [2.45, 2.75) is 12.8 Å². The van der Waals surface area contributed by atoms with Crippen molar-refractivity contribution < 1.29 is 17.9 Å². The molecular weight excluding hydrogens is 220 g/mol. The molecule has 0 radical (unpaired) electrons. The minimum atomic E-state index is -3.26. The Morgan fingerprint density at radius 2 is 2.00 bits per heavy atom. The van der Waals surface area contributed by atoms with E-state index in [0.717, 1.165) is 0 Å². The largest absolute Gasteiger partial charge is 0.469 e. The molecule has 0 saturated carbocycles. The smallest absolute Gasteiger partial charge is 0.305 e. The lowest BCUT2D eigenvalue weighted by molar-refractivity contribution is -0.140. The highest BCUT2D eigenvalue weighted by atomic mass is 32.2. The molecule has 0 atom stereocenters. The number of hydrogen-bond acceptors (Lipinski definition) is 5. The number of nitrogens with one attached hydrogen (secondary N) is 2. The first-order chi connectivity index (χ1) is 7.02. The van der Waals surface area contributed by atoms with E-state index in [-0.39, 0.29) is 24.6 Å². The Labute approximate surface area is 90.4 Å². The van der Waals surface area contributed by atoms with Crippen LogP contribution in [-0.4, -0.2) is 47.4 Å². The second kappa shape index (κ2) is 7.61. The second-order valence-electron chi connectivity index (χ2n) is 3.00. The molecule has 0 spiro atoms. The summed E-state index contributed by atoms with van der Waals surface area (Å²) in [6.45, 7) is 0.938. The highest BCUT2D eigenvalue weighted by molar-refractivity contribution is 7.89. The Hall–Kier alpha value is -0.660. The van der Waals surface area contributed by atoms with Crippen molar-refractivity contribution in [3.63, 3.8) is 0 Å². The summed E-state index contributed by atoms with van der Waals surface area (Å²) in [6.07, 6.45) is 0.408. The number of sulfonamides is 1. The molecule has 15 heavy (non-hydrogen) atoms. The van der Waals surface area contributed by atoms with E-state index in [1.807, 2.05) is 0 Å². The molecule has 0 aliphatic rings. The van der Waals surface area contributed by atoms with Crippen LogP contribution >= 0.6 is 0 Å². The van der Waals surface area contributed by atoms with E-state index >= 15 is 0 Å². The van der Waals surface area contributed by atoms with E-state index in [1.165, 1.54) is 7.11 Å². The molecule has 0 unspecified atom stereocenters. The Balaban J connectivity index is 3.70. The van der Waals surface area contributed by atoms with Gasteiger partial charge in [0.1, 0.15) is 0 Å². The molecule has 0 amide bonds. The summed E-state index contributed by atoms with van der Waals surface area (Å²) in [5.41, 5.74) is 0. The molecule has 6 nitrogen and oxygen atoms in total. The fourth-order valence-electron chi connectivity index (χ4n) is 0.912. The summed E-state index contributed by atoms with van der Waals surface area (Å²) in [4.78, 5) is 10.7. The van der Waals surface area contributed by atoms with Gasteiger partial charge in [0.05, 0.1) is 12.9 Å². The van der Waals surface area contributed by atoms with Gasteiger partial charge in [0.15, 0.2) is 0 Å². The summed E-state index contributed by atoms with van der Waals surface area (Å²) in [5, 5.41) is 2.82. The second-order valence-corrected chi connectivity index (χ2v) is 4.92. The minimum Gasteiger partial charge on any atom is -0.469 e. The number of ether oxygens (including phenoxy) is 1. The van der Waals surface area contributed by atoms with Crippen molar-refractivity contribution in [1.29, 1.82) is 0 Å². The predicted octanol–water partition coefficient (Wildman–Crippen LogP) is -0.922. The highest BCUT2D eigenvalue weighted by Crippen LogP contribution is 1.95. The van der Waals surface area contributed by atoms with Crippen molar-refractivity contribution in [3.05, 3.63) is 0 Å². The summed E-state index contributed by atoms with van der Waals surface area (Å²) < 4.78 is 29.4. The molecule has 0 aromatic rings. The predicted molar refractivity (Wildman–Crippen MR) is 57.0 cm³/mol. The molecular formula is C8H18N2O4S. The van der Waals surface area contributed by atoms with Gasteiger partial charge in [0.2, 0.25) is 10.0 Å². The normalized spacial score (nSPS) is 11.3. The van der Waals surface area contributed by atoms with Gasteiger partial charge in [-0.3, -0.25) is 4.79 Å². The zero-order valence-electron chi connectivity index (χ0n) is 9.08. The first kappa shape index (κ1) is 14.3. The third kappa shape index (κ3) is 8.34. The van der Waals surface area contributed by atoms with Gasteiger partial charge in [-0.05, 0) is 13.5 Å². The minimum absolute atomic E-state index is 0.0498. The van der Waals surface area contributed by atoms with E-state index < -0.39 is 10.0 Å². The maximum Gasteiger partial charge on any atom is 0.305 e. The zero-order valence-corrected chi connectivity index (χ0v) is 9.89. The Kier molecular flexibility index (Phi) is 7.27. The quantitative estimate of drug-likeness (QED) is 0.422. The monoisotopic (exact) mass is 238 g/mol. The van der Waals surface area contributed by atoms with Crippen LogP contribution in [0, 0.1) is 0 Å². The van der Waals surface area contributed by atoms with Crippen LogP contribution in [0.5, 0.6) is 0 Å². The first-order valence-electron chi connectivity index (χ1n) is 4.70. The van der Waals surface area contributed by atoms with Crippen molar-refractivity contribution in [2.24, 2.45) is 0 Å². The van der Waals surface area contributed by atoms with Crippen LogP contribution in [0.1, 0.15) is 12.8 Å². The summed E-state index contributed by atoms with van der Waals surface area (Å²) in [7, 11) is -0.234. The van der Waals surface area contributed by atoms with Crippen molar-refractivity contribution in [2.75, 3.05) is 33.0 Å². The molecule has 0 aromatic heterocycles. The molecule has 0 aromatic carbocycles. The maximum absolute atomic E-state index is 11.3. The number of esters is 1. The lowest BCUT2D eigenvalue weighted by Gasteiger charge is -2.05. The van der Waals surface area contributed by atoms with Crippen LogP contribution in [-0.2, 0) is 19.6 Å². The average molecular weight is 238 g/mol. The third-order valence-electron chi connectivity index (χ3n) is 1.72. The number of rotatable bonds is 8. The lowest BCUT2D eigenvalue weighted by Crippen LogP contribution is -2.32. The molecule has 7 heteroatoms. The van der Waals surface area contributed by atoms with Gasteiger partial charge >= 0.3 is 5.97 Å². The van der Waals surface area contributed by atoms with E-state index in [4.69, 9.17) is 0 Å². The van der Waals surface area contributed by atoms with Crippen molar-refractivity contribution in [1.82, 2.24) is 10.0 Å². The Morgan fingerprint density at radius 1 is 1.33 bits per heavy atom. The third-order valence-corrected chi connectivity index (χ3v) is 3.19. The molecule has 0 rings (SSSR count). The molecule has 2 N–H and O–H groups in total. The number of methoxy groups -OCH3 is 1. The van der Waals surface area contributed by atoms with Gasteiger partial charge in [-0.15, -0.1) is 0 Å². The van der Waals surface area contributed by atoms with Gasteiger partial charge in [-0.2, -0.15) is 0 Å². The van der Waals surface area contributed by atoms with E-state index in [0.29, 0.717) is 13.1 Å². The fourth-order valence-corrected chi connectivity index (χ4v) is 1.99. The molecule has 0 fully saturated rings. The molecule has 0 saturated heterocycles. The van der Waals surface area contributed by atoms with Gasteiger partial charge in [-0.1, -0.05) is 0 Å². The van der Waals surface area contributed by atoms with Crippen molar-refractivity contribution in [3.8, 4) is 0 Å². The maximum atomic E-state index is 11.3. The van der Waals surface area contributed by atoms with Crippen LogP contribution < -0.4 is 10.0 Å². The van der Waals surface area contributed by atoms with Crippen molar-refractivity contribution >= 4 is 16.0 Å². The van der Waals surface area contributed by atoms with Crippen LogP contribution in [0.3, 0.4) is 0 Å². The topological polar surface area (TPSA) is 84.5 Å². The number of carbonyl (C=O) groups excluding carboxylic acids is 1. The van der Waals surface area contributed by atoms with Crippen LogP contribution in [0.25, 0.3) is 0 Å². The molecule has 90 valence electrons. The summed E-state index contributed by atoms with van der Waals surface area (Å²) in [5.74, 6) is -0.438. The lowest BCUT2D eigenvalue weighted by atomic mass is 10.3. The summed E-state index contributed by atoms with van der Waals surface area (Å²) >= 11 is 0. The van der Waals surface area contributed by atoms with E-state index in [9.17, 15) is 13.2 Å². The van der Waals surface area contributed by atoms with Gasteiger partial charge < -0.3 is 10.1 Å². The molecule has 0 aliphatic heterocycles. The standard InChI is InChI=1S/C8H18N2O4S/c1-9-5-6-10-15(12,13)7-3-4-8(11)14-2/h9-10H,3-7H2,1-2H3. The number of carbonyl (C=O) groups is 1. The number of likely N-dealkylation sites (N-methyl/N-ethyl adjacent to an activating group) is 1. The van der Waals surface area contributed by atoms with Gasteiger partial charge in [0.25, 0.3) is 0 Å². The SMILES string of the molecule is CNCCNS(=O)(=O)CCCC(=O)OC. The first-order valence-corrected chi connectivity index (χ1v) is 6.36. The summed E-state index contributed by atoms with van der Waals surface area (Å²) in [6, 6.07) is 0. The van der Waals surface area contributed by atoms with E-state index in [2.05, 4.69) is 14.8 Å². The van der Waals surface area contributed by atoms with Gasteiger partial charge in [0, 0.05) is 19.5 Å². The number of hydrogen-bond donors (Lipinski definition) is 2. The zero-order chi connectivity index (χ0) is 11.7. The molecule has 0 aliphatic carbocycles. The average Bonchev–Trinajstić information content (AvgIpc) is 2.17.